The summed E-state index contributed by atoms with van der Waals surface area (Å²) >= 11 is 1.20. The van der Waals surface area contributed by atoms with Crippen molar-refractivity contribution in [2.45, 2.75) is 43.2 Å². The first-order valence-corrected chi connectivity index (χ1v) is 13.6. The number of rotatable bonds is 11. The highest BCUT2D eigenvalue weighted by Gasteiger charge is 2.37. The normalized spacial score (nSPS) is 16.4. The number of hydrogen-bond acceptors (Lipinski definition) is 5. The number of benzene rings is 2. The molecule has 5 nitrogen and oxygen atoms in total. The van der Waals surface area contributed by atoms with E-state index in [4.69, 9.17) is 4.74 Å². The van der Waals surface area contributed by atoms with Gasteiger partial charge in [-0.3, -0.25) is 9.78 Å². The molecule has 2 aromatic carbocycles. The molecular formula is C28H29F5N2O3S. The third-order valence-corrected chi connectivity index (χ3v) is 8.34. The van der Waals surface area contributed by atoms with E-state index >= 15 is 4.39 Å². The minimum atomic E-state index is -1.65. The molecule has 1 aromatic heterocycles. The van der Waals surface area contributed by atoms with Gasteiger partial charge in [-0.25, -0.2) is 22.0 Å². The van der Waals surface area contributed by atoms with Crippen molar-refractivity contribution in [2.75, 3.05) is 32.5 Å². The maximum absolute atomic E-state index is 15.6. The van der Waals surface area contributed by atoms with Gasteiger partial charge >= 0.3 is 5.97 Å². The highest BCUT2D eigenvalue weighted by atomic mass is 32.2. The van der Waals surface area contributed by atoms with Crippen LogP contribution < -0.4 is 4.74 Å². The number of carbonyl (C=O) groups is 1. The number of likely N-dealkylation sites (tertiary alicyclic amines) is 1. The van der Waals surface area contributed by atoms with E-state index in [-0.39, 0.29) is 29.7 Å². The molecule has 1 saturated heterocycles. The van der Waals surface area contributed by atoms with Crippen LogP contribution in [0.15, 0.2) is 41.4 Å². The van der Waals surface area contributed by atoms with Gasteiger partial charge in [0.15, 0.2) is 17.5 Å². The van der Waals surface area contributed by atoms with Crippen molar-refractivity contribution in [2.24, 2.45) is 5.41 Å². The van der Waals surface area contributed by atoms with Gasteiger partial charge in [0.2, 0.25) is 0 Å². The largest absolute Gasteiger partial charge is 0.497 e. The van der Waals surface area contributed by atoms with Crippen molar-refractivity contribution in [1.82, 2.24) is 9.88 Å². The van der Waals surface area contributed by atoms with Crippen LogP contribution in [-0.2, 0) is 4.79 Å². The predicted molar refractivity (Wildman–Crippen MR) is 139 cm³/mol. The smallest absolute Gasteiger partial charge is 0.303 e. The summed E-state index contributed by atoms with van der Waals surface area (Å²) in [6.45, 7) is 1.72. The van der Waals surface area contributed by atoms with Crippen molar-refractivity contribution in [3.05, 3.63) is 65.4 Å². The highest BCUT2D eigenvalue weighted by Crippen LogP contribution is 2.43. The summed E-state index contributed by atoms with van der Waals surface area (Å²) in [5.74, 6) is -4.76. The number of ether oxygens (including phenoxy) is 1. The molecular weight excluding hydrogens is 539 g/mol. The molecule has 0 radical (unpaired) electrons. The Morgan fingerprint density at radius 2 is 1.82 bits per heavy atom. The topological polar surface area (TPSA) is 62.7 Å². The maximum atomic E-state index is 15.6. The number of thioether (sulfide) groups is 1. The minimum Gasteiger partial charge on any atom is -0.497 e. The number of methoxy groups -OCH3 is 1. The lowest BCUT2D eigenvalue weighted by atomic mass is 9.71. The minimum absolute atomic E-state index is 0.0436. The Hall–Kier alpha value is -2.92. The Morgan fingerprint density at radius 1 is 1.13 bits per heavy atom. The molecule has 0 unspecified atom stereocenters. The lowest BCUT2D eigenvalue weighted by Crippen LogP contribution is -2.42. The molecule has 210 valence electrons. The number of pyridine rings is 1. The molecule has 1 fully saturated rings. The Balaban J connectivity index is 1.38. The van der Waals surface area contributed by atoms with Gasteiger partial charge in [-0.15, -0.1) is 11.8 Å². The highest BCUT2D eigenvalue weighted by molar-refractivity contribution is 7.99. The summed E-state index contributed by atoms with van der Waals surface area (Å²) in [6.07, 6.45) is 0.480. The monoisotopic (exact) mass is 568 g/mol. The van der Waals surface area contributed by atoms with Crippen molar-refractivity contribution in [3.8, 4) is 5.75 Å². The van der Waals surface area contributed by atoms with Crippen LogP contribution >= 0.6 is 11.8 Å². The summed E-state index contributed by atoms with van der Waals surface area (Å²) in [5, 5.41) is 9.89. The van der Waals surface area contributed by atoms with Crippen LogP contribution in [0.4, 0.5) is 22.0 Å². The summed E-state index contributed by atoms with van der Waals surface area (Å²) in [6, 6.07) is 6.75. The molecule has 3 aromatic rings. The van der Waals surface area contributed by atoms with Gasteiger partial charge in [-0.1, -0.05) is 0 Å². The van der Waals surface area contributed by atoms with Gasteiger partial charge in [0, 0.05) is 28.1 Å². The predicted octanol–water partition coefficient (Wildman–Crippen LogP) is 6.94. The zero-order valence-corrected chi connectivity index (χ0v) is 22.2. The van der Waals surface area contributed by atoms with E-state index in [1.54, 1.807) is 18.2 Å². The molecule has 0 spiro atoms. The maximum Gasteiger partial charge on any atom is 0.303 e. The molecule has 1 atom stereocenters. The van der Waals surface area contributed by atoms with Crippen LogP contribution in [0.1, 0.15) is 43.8 Å². The Kier molecular flexibility index (Phi) is 9.32. The van der Waals surface area contributed by atoms with E-state index in [0.717, 1.165) is 18.3 Å². The second-order valence-corrected chi connectivity index (χ2v) is 11.0. The van der Waals surface area contributed by atoms with Crippen LogP contribution in [0.5, 0.6) is 5.75 Å². The van der Waals surface area contributed by atoms with Gasteiger partial charge in [-0.05, 0) is 74.5 Å². The summed E-state index contributed by atoms with van der Waals surface area (Å²) in [5.41, 5.74) is -0.306. The third-order valence-electron chi connectivity index (χ3n) is 7.39. The van der Waals surface area contributed by atoms with Crippen molar-refractivity contribution in [1.29, 1.82) is 0 Å². The Bertz CT molecular complexity index is 1310. The number of aromatic nitrogens is 1. The molecule has 2 heterocycles. The van der Waals surface area contributed by atoms with E-state index in [1.165, 1.54) is 18.9 Å². The zero-order chi connectivity index (χ0) is 28.2. The lowest BCUT2D eigenvalue weighted by molar-refractivity contribution is -0.141. The number of halogens is 5. The third kappa shape index (κ3) is 7.00. The van der Waals surface area contributed by atoms with Crippen molar-refractivity contribution < 1.29 is 36.6 Å². The number of nitrogens with zero attached hydrogens (tertiary/aromatic N) is 2. The molecule has 0 saturated carbocycles. The Morgan fingerprint density at radius 3 is 2.46 bits per heavy atom. The Labute approximate surface area is 227 Å². The van der Waals surface area contributed by atoms with Crippen LogP contribution in [-0.4, -0.2) is 53.5 Å². The second-order valence-electron chi connectivity index (χ2n) is 9.87. The number of fused-ring (bicyclic) bond motifs is 1. The summed E-state index contributed by atoms with van der Waals surface area (Å²) < 4.78 is 75.5. The molecule has 39 heavy (non-hydrogen) atoms. The zero-order valence-electron chi connectivity index (χ0n) is 21.4. The fourth-order valence-electron chi connectivity index (χ4n) is 5.19. The van der Waals surface area contributed by atoms with Crippen LogP contribution in [0, 0.1) is 28.7 Å². The molecule has 0 bridgehead atoms. The van der Waals surface area contributed by atoms with Gasteiger partial charge < -0.3 is 14.7 Å². The molecule has 11 heteroatoms. The quantitative estimate of drug-likeness (QED) is 0.154. The molecule has 1 aliphatic heterocycles. The first kappa shape index (κ1) is 29.1. The first-order chi connectivity index (χ1) is 18.6. The SMILES string of the molecule is COc1ccc2ncc(F)c([C@@H](F)CCC3(CC(=O)O)CCN(CCSc4cc(F)c(F)c(F)c4)CC3)c2c1. The van der Waals surface area contributed by atoms with Crippen molar-refractivity contribution >= 4 is 28.6 Å². The fourth-order valence-corrected chi connectivity index (χ4v) is 6.14. The van der Waals surface area contributed by atoms with Gasteiger partial charge in [0.1, 0.15) is 17.7 Å². The first-order valence-electron chi connectivity index (χ1n) is 12.6. The van der Waals surface area contributed by atoms with Crippen molar-refractivity contribution in [3.63, 3.8) is 0 Å². The van der Waals surface area contributed by atoms with Gasteiger partial charge in [0.25, 0.3) is 0 Å². The van der Waals surface area contributed by atoms with E-state index in [9.17, 15) is 27.5 Å². The molecule has 1 aliphatic rings. The number of piperidine rings is 1. The number of carboxylic acid groups (broad SMARTS) is 1. The number of alkyl halides is 1. The number of hydrogen-bond donors (Lipinski definition) is 1. The van der Waals surface area contributed by atoms with E-state index < -0.39 is 40.8 Å². The van der Waals surface area contributed by atoms with Crippen LogP contribution in [0.2, 0.25) is 0 Å². The summed E-state index contributed by atoms with van der Waals surface area (Å²) in [4.78, 5) is 18.1. The van der Waals surface area contributed by atoms with Gasteiger partial charge in [0.05, 0.1) is 25.2 Å². The van der Waals surface area contributed by atoms with Gasteiger partial charge in [-0.2, -0.15) is 0 Å². The number of carboxylic acids is 1. The van der Waals surface area contributed by atoms with E-state index in [0.29, 0.717) is 54.9 Å². The number of aliphatic carboxylic acids is 1. The molecule has 1 N–H and O–H groups in total. The lowest BCUT2D eigenvalue weighted by Gasteiger charge is -2.41. The van der Waals surface area contributed by atoms with Crippen LogP contribution in [0.3, 0.4) is 0 Å². The molecule has 0 aliphatic carbocycles. The van der Waals surface area contributed by atoms with E-state index in [1.807, 2.05) is 0 Å². The standard InChI is InChI=1S/C28H29F5N2O3S/c1-38-17-2-3-24-19(12-17)26(23(32)16-34-24)20(29)4-5-28(15-25(36)37)6-8-35(9-7-28)10-11-39-18-13-21(30)27(33)22(31)14-18/h2-3,12-14,16,20H,4-11,15H2,1H3,(H,36,37)/t20-/m0/s1. The second kappa shape index (κ2) is 12.5. The average Bonchev–Trinajstić information content (AvgIpc) is 2.90. The average molecular weight is 569 g/mol. The fraction of sp³-hybridized carbons (Fsp3) is 0.429. The molecule has 4 rings (SSSR count). The summed E-state index contributed by atoms with van der Waals surface area (Å²) in [7, 11) is 1.46. The molecule has 0 amide bonds. The van der Waals surface area contributed by atoms with E-state index in [2.05, 4.69) is 9.88 Å². The van der Waals surface area contributed by atoms with Crippen LogP contribution in [0.25, 0.3) is 10.9 Å².